The molecule has 11 nitrogen and oxygen atoms in total. The molecule has 4 rings (SSSR count). The van der Waals surface area contributed by atoms with Crippen LogP contribution >= 0.6 is 0 Å². The lowest BCUT2D eigenvalue weighted by molar-refractivity contribution is -0.384. The largest absolute Gasteiger partial charge is 0.508 e. The zero-order valence-corrected chi connectivity index (χ0v) is 13.3. The van der Waals surface area contributed by atoms with Gasteiger partial charge in [0.05, 0.1) is 4.92 Å². The smallest absolute Gasteiger partial charge is 0.339 e. The molecule has 1 aromatic carbocycles. The van der Waals surface area contributed by atoms with E-state index < -0.39 is 69.7 Å². The average molecular weight is 374 g/mol. The maximum atomic E-state index is 13.0. The molecule has 1 aromatic rings. The number of hydrogen-bond acceptors (Lipinski definition) is 9. The van der Waals surface area contributed by atoms with Gasteiger partial charge < -0.3 is 25.0 Å². The number of aliphatic hydroxyl groups excluding tert-OH is 2. The Balaban J connectivity index is 2.13. The highest BCUT2D eigenvalue weighted by molar-refractivity contribution is 6.21. The van der Waals surface area contributed by atoms with Crippen molar-refractivity contribution in [1.29, 1.82) is 0 Å². The predicted molar refractivity (Wildman–Crippen MR) is 84.6 cm³/mol. The first-order valence-corrected chi connectivity index (χ1v) is 7.58. The third-order valence-corrected chi connectivity index (χ3v) is 4.62. The highest BCUT2D eigenvalue weighted by Gasteiger charge is 2.62. The summed E-state index contributed by atoms with van der Waals surface area (Å²) in [5, 5.41) is 34.0. The number of rotatable bonds is 3. The molecule has 0 fully saturated rings. The number of nitro benzene ring substituents is 1. The summed E-state index contributed by atoms with van der Waals surface area (Å²) in [5.74, 6) is -4.41. The Kier molecular flexibility index (Phi) is 3.25. The number of amides is 1. The minimum atomic E-state index is -2.34. The molecule has 0 atom stereocenters. The molecule has 3 aliphatic heterocycles. The number of fused-ring (bicyclic) bond motifs is 1. The van der Waals surface area contributed by atoms with E-state index in [4.69, 9.17) is 9.47 Å². The number of nitro groups is 1. The van der Waals surface area contributed by atoms with Crippen molar-refractivity contribution in [2.75, 3.05) is 18.5 Å². The van der Waals surface area contributed by atoms with Gasteiger partial charge in [-0.05, 0) is 6.07 Å². The number of non-ortho nitro benzene ring substituents is 1. The number of anilines is 1. The molecule has 0 unspecified atom stereocenters. The van der Waals surface area contributed by atoms with E-state index in [0.29, 0.717) is 0 Å². The van der Waals surface area contributed by atoms with Gasteiger partial charge >= 0.3 is 11.9 Å². The molecule has 1 amide bonds. The highest BCUT2D eigenvalue weighted by atomic mass is 16.6. The average Bonchev–Trinajstić information content (AvgIpc) is 3.22. The summed E-state index contributed by atoms with van der Waals surface area (Å²) in [5.41, 5.74) is -4.03. The standard InChI is InChI=1S/C16H10N2O9/c19-9-4-26-13(21)11(9)16(12-10(20)5-27-14(12)22)7-3-6(18(24)25)1-2-8(7)17-15(16)23/h1-3,19-20H,4-5H2,(H,17,23). The number of carbonyl (C=O) groups is 3. The molecule has 27 heavy (non-hydrogen) atoms. The fourth-order valence-electron chi connectivity index (χ4n) is 3.56. The topological polar surface area (TPSA) is 165 Å². The first kappa shape index (κ1) is 16.6. The first-order valence-electron chi connectivity index (χ1n) is 7.58. The lowest BCUT2D eigenvalue weighted by atomic mass is 9.68. The first-order chi connectivity index (χ1) is 12.8. The van der Waals surface area contributed by atoms with Gasteiger partial charge in [-0.2, -0.15) is 0 Å². The van der Waals surface area contributed by atoms with Crippen LogP contribution in [0.1, 0.15) is 5.56 Å². The number of nitrogens with one attached hydrogen (secondary N) is 1. The summed E-state index contributed by atoms with van der Waals surface area (Å²) in [4.78, 5) is 48.1. The Bertz CT molecular complexity index is 981. The summed E-state index contributed by atoms with van der Waals surface area (Å²) in [7, 11) is 0. The molecule has 0 aliphatic carbocycles. The van der Waals surface area contributed by atoms with Crippen LogP contribution in [0.25, 0.3) is 0 Å². The van der Waals surface area contributed by atoms with Crippen molar-refractivity contribution in [3.63, 3.8) is 0 Å². The fraction of sp³-hybridized carbons (Fsp3) is 0.188. The van der Waals surface area contributed by atoms with Gasteiger partial charge in [0.1, 0.15) is 41.3 Å². The maximum Gasteiger partial charge on any atom is 0.339 e. The van der Waals surface area contributed by atoms with E-state index in [0.717, 1.165) is 12.1 Å². The van der Waals surface area contributed by atoms with Crippen molar-refractivity contribution in [3.05, 3.63) is 56.5 Å². The number of hydrogen-bond donors (Lipinski definition) is 3. The number of esters is 2. The third-order valence-electron chi connectivity index (χ3n) is 4.62. The monoisotopic (exact) mass is 374 g/mol. The maximum absolute atomic E-state index is 13.0. The van der Waals surface area contributed by atoms with Crippen LogP contribution in [0.2, 0.25) is 0 Å². The second-order valence-corrected chi connectivity index (χ2v) is 5.99. The van der Waals surface area contributed by atoms with E-state index >= 15 is 0 Å². The van der Waals surface area contributed by atoms with Gasteiger partial charge in [-0.3, -0.25) is 14.9 Å². The zero-order chi connectivity index (χ0) is 19.5. The summed E-state index contributed by atoms with van der Waals surface area (Å²) < 4.78 is 9.51. The van der Waals surface area contributed by atoms with Gasteiger partial charge in [-0.15, -0.1) is 0 Å². The van der Waals surface area contributed by atoms with E-state index in [1.54, 1.807) is 0 Å². The van der Waals surface area contributed by atoms with Crippen LogP contribution in [0.4, 0.5) is 11.4 Å². The van der Waals surface area contributed by atoms with Gasteiger partial charge in [0.25, 0.3) is 5.69 Å². The van der Waals surface area contributed by atoms with Gasteiger partial charge in [0.2, 0.25) is 5.91 Å². The Morgan fingerprint density at radius 1 is 1.04 bits per heavy atom. The molecule has 0 radical (unpaired) electrons. The molecule has 0 saturated carbocycles. The molecule has 138 valence electrons. The molecule has 0 bridgehead atoms. The lowest BCUT2D eigenvalue weighted by Crippen LogP contribution is -2.43. The Morgan fingerprint density at radius 2 is 1.59 bits per heavy atom. The lowest BCUT2D eigenvalue weighted by Gasteiger charge is -2.27. The summed E-state index contributed by atoms with van der Waals surface area (Å²) in [6, 6.07) is 3.34. The number of ether oxygens (including phenoxy) is 2. The van der Waals surface area contributed by atoms with Crippen LogP contribution in [0.3, 0.4) is 0 Å². The Hall–Kier alpha value is -3.89. The number of carbonyl (C=O) groups excluding carboxylic acids is 3. The highest BCUT2D eigenvalue weighted by Crippen LogP contribution is 2.52. The van der Waals surface area contributed by atoms with E-state index in [1.165, 1.54) is 6.07 Å². The molecular weight excluding hydrogens is 364 g/mol. The number of benzene rings is 1. The van der Waals surface area contributed by atoms with E-state index in [1.807, 2.05) is 0 Å². The van der Waals surface area contributed by atoms with Crippen molar-refractivity contribution < 1.29 is 39.0 Å². The molecule has 3 N–H and O–H groups in total. The van der Waals surface area contributed by atoms with Crippen LogP contribution in [-0.2, 0) is 29.3 Å². The molecular formula is C16H10N2O9. The zero-order valence-electron chi connectivity index (χ0n) is 13.3. The van der Waals surface area contributed by atoms with Gasteiger partial charge in [0.15, 0.2) is 0 Å². The molecule has 3 aliphatic rings. The van der Waals surface area contributed by atoms with Gasteiger partial charge in [-0.25, -0.2) is 9.59 Å². The third kappa shape index (κ3) is 1.99. The van der Waals surface area contributed by atoms with Crippen LogP contribution in [-0.4, -0.2) is 46.2 Å². The molecule has 3 heterocycles. The number of nitrogens with zero attached hydrogens (tertiary/aromatic N) is 1. The second-order valence-electron chi connectivity index (χ2n) is 5.99. The predicted octanol–water partition coefficient (Wildman–Crippen LogP) is 0.522. The number of cyclic esters (lactones) is 2. The summed E-state index contributed by atoms with van der Waals surface area (Å²) in [6.45, 7) is -1.09. The van der Waals surface area contributed by atoms with Crippen molar-refractivity contribution >= 4 is 29.2 Å². The van der Waals surface area contributed by atoms with Crippen molar-refractivity contribution in [3.8, 4) is 0 Å². The van der Waals surface area contributed by atoms with E-state index in [9.17, 15) is 34.7 Å². The van der Waals surface area contributed by atoms with Gasteiger partial charge in [0, 0.05) is 23.4 Å². The van der Waals surface area contributed by atoms with Crippen LogP contribution in [0.15, 0.2) is 40.9 Å². The molecule has 0 saturated heterocycles. The second kappa shape index (κ2) is 5.30. The normalized spacial score (nSPS) is 20.5. The van der Waals surface area contributed by atoms with Gasteiger partial charge in [-0.1, -0.05) is 0 Å². The van der Waals surface area contributed by atoms with Crippen molar-refractivity contribution in [2.24, 2.45) is 0 Å². The Labute approximate surface area is 149 Å². The van der Waals surface area contributed by atoms with E-state index in [2.05, 4.69) is 5.32 Å². The minimum Gasteiger partial charge on any atom is -0.508 e. The van der Waals surface area contributed by atoms with Crippen LogP contribution < -0.4 is 5.32 Å². The SMILES string of the molecule is O=C1OCC(O)=C1C1(C2=C(O)COC2=O)C(=O)Nc2ccc([N+](=O)[O-])cc21. The van der Waals surface area contributed by atoms with Crippen LogP contribution in [0, 0.1) is 10.1 Å². The summed E-state index contributed by atoms with van der Waals surface area (Å²) >= 11 is 0. The molecule has 0 spiro atoms. The summed E-state index contributed by atoms with van der Waals surface area (Å²) in [6.07, 6.45) is 0. The minimum absolute atomic E-state index is 0.0746. The molecule has 0 aromatic heterocycles. The fourth-order valence-corrected chi connectivity index (χ4v) is 3.56. The van der Waals surface area contributed by atoms with Crippen LogP contribution in [0.5, 0.6) is 0 Å². The molecule has 11 heteroatoms. The Morgan fingerprint density at radius 3 is 2.04 bits per heavy atom. The van der Waals surface area contributed by atoms with Crippen molar-refractivity contribution in [1.82, 2.24) is 0 Å². The van der Waals surface area contributed by atoms with E-state index in [-0.39, 0.29) is 11.3 Å². The quantitative estimate of drug-likeness (QED) is 0.388. The number of aliphatic hydroxyl groups is 2. The van der Waals surface area contributed by atoms with Crippen molar-refractivity contribution in [2.45, 2.75) is 5.41 Å².